The quantitative estimate of drug-likeness (QED) is 0.706. The summed E-state index contributed by atoms with van der Waals surface area (Å²) in [5.74, 6) is 1.71. The third kappa shape index (κ3) is 5.04. The predicted octanol–water partition coefficient (Wildman–Crippen LogP) is 4.92. The Morgan fingerprint density at radius 3 is 2.72 bits per heavy atom. The van der Waals surface area contributed by atoms with Gasteiger partial charge in [-0.3, -0.25) is 0 Å². The van der Waals surface area contributed by atoms with E-state index in [2.05, 4.69) is 9.88 Å². The smallest absolute Gasteiger partial charge is 0.410 e. The van der Waals surface area contributed by atoms with Crippen molar-refractivity contribution in [3.05, 3.63) is 29.1 Å². The van der Waals surface area contributed by atoms with E-state index in [9.17, 15) is 4.79 Å². The first-order valence-corrected chi connectivity index (χ1v) is 10.9. The number of hydrogen-bond acceptors (Lipinski definition) is 5. The fraction of sp³-hybridized carbons (Fsp3) is 0.636. The molecule has 3 heterocycles. The van der Waals surface area contributed by atoms with E-state index in [4.69, 9.17) is 20.8 Å². The van der Waals surface area contributed by atoms with E-state index in [0.29, 0.717) is 16.9 Å². The van der Waals surface area contributed by atoms with Gasteiger partial charge in [0.2, 0.25) is 0 Å². The van der Waals surface area contributed by atoms with Crippen LogP contribution in [-0.4, -0.2) is 59.2 Å². The lowest BCUT2D eigenvalue weighted by Crippen LogP contribution is -2.39. The monoisotopic (exact) mass is 419 g/mol. The first-order valence-electron chi connectivity index (χ1n) is 10.5. The average molecular weight is 420 g/mol. The van der Waals surface area contributed by atoms with Crippen LogP contribution in [0.3, 0.4) is 0 Å². The highest BCUT2D eigenvalue weighted by Gasteiger charge is 2.32. The number of carbonyl (C=O) groups excluding carboxylic acids is 1. The van der Waals surface area contributed by atoms with Crippen molar-refractivity contribution in [1.82, 2.24) is 14.8 Å². The van der Waals surface area contributed by atoms with Crippen LogP contribution < -0.4 is 0 Å². The molecule has 7 heteroatoms. The molecule has 1 amide bonds. The van der Waals surface area contributed by atoms with Crippen LogP contribution in [0.15, 0.2) is 22.6 Å². The maximum absolute atomic E-state index is 12.3. The highest BCUT2D eigenvalue weighted by Crippen LogP contribution is 2.31. The Morgan fingerprint density at radius 1 is 1.24 bits per heavy atom. The SMILES string of the molecule is CC(C)(C)OC(=O)N1CCC(CN2CCC(c3nc4cc(Cl)ccc4o3)CC2)C1. The van der Waals surface area contributed by atoms with Crippen molar-refractivity contribution in [2.75, 3.05) is 32.7 Å². The van der Waals surface area contributed by atoms with Crippen LogP contribution in [0.1, 0.15) is 51.8 Å². The predicted molar refractivity (Wildman–Crippen MR) is 113 cm³/mol. The molecule has 0 bridgehead atoms. The molecule has 0 radical (unpaired) electrons. The lowest BCUT2D eigenvalue weighted by Gasteiger charge is -2.32. The van der Waals surface area contributed by atoms with Crippen molar-refractivity contribution >= 4 is 28.8 Å². The third-order valence-corrected chi connectivity index (χ3v) is 5.99. The molecule has 1 aromatic heterocycles. The molecule has 1 atom stereocenters. The largest absolute Gasteiger partial charge is 0.444 e. The normalized spacial score (nSPS) is 21.8. The summed E-state index contributed by atoms with van der Waals surface area (Å²) in [6, 6.07) is 5.58. The number of oxazole rings is 1. The van der Waals surface area contributed by atoms with Gasteiger partial charge in [-0.15, -0.1) is 0 Å². The summed E-state index contributed by atoms with van der Waals surface area (Å²) in [6.45, 7) is 10.4. The number of carbonyl (C=O) groups is 1. The van der Waals surface area contributed by atoms with Gasteiger partial charge in [0.05, 0.1) is 0 Å². The summed E-state index contributed by atoms with van der Waals surface area (Å²) in [4.78, 5) is 21.3. The molecule has 0 aliphatic carbocycles. The molecule has 0 spiro atoms. The molecule has 2 aliphatic heterocycles. The van der Waals surface area contributed by atoms with E-state index in [1.54, 1.807) is 0 Å². The Balaban J connectivity index is 1.26. The van der Waals surface area contributed by atoms with Gasteiger partial charge in [-0.05, 0) is 77.2 Å². The first kappa shape index (κ1) is 20.5. The van der Waals surface area contributed by atoms with E-state index in [-0.39, 0.29) is 6.09 Å². The molecule has 29 heavy (non-hydrogen) atoms. The van der Waals surface area contributed by atoms with Gasteiger partial charge in [0.25, 0.3) is 0 Å². The van der Waals surface area contributed by atoms with Crippen molar-refractivity contribution in [3.63, 3.8) is 0 Å². The Hall–Kier alpha value is -1.79. The van der Waals surface area contributed by atoms with Gasteiger partial charge in [0.1, 0.15) is 11.1 Å². The zero-order chi connectivity index (χ0) is 20.6. The molecule has 158 valence electrons. The Morgan fingerprint density at radius 2 is 2.00 bits per heavy atom. The lowest BCUT2D eigenvalue weighted by molar-refractivity contribution is 0.0284. The van der Waals surface area contributed by atoms with E-state index in [1.807, 2.05) is 43.9 Å². The lowest BCUT2D eigenvalue weighted by atomic mass is 9.95. The molecule has 0 saturated carbocycles. The number of amides is 1. The molecular weight excluding hydrogens is 390 g/mol. The number of rotatable bonds is 3. The van der Waals surface area contributed by atoms with Crippen molar-refractivity contribution < 1.29 is 13.9 Å². The molecule has 2 aromatic rings. The summed E-state index contributed by atoms with van der Waals surface area (Å²) in [6.07, 6.45) is 2.95. The van der Waals surface area contributed by atoms with Gasteiger partial charge in [0, 0.05) is 30.6 Å². The molecule has 2 saturated heterocycles. The second-order valence-electron chi connectivity index (χ2n) is 9.32. The summed E-state index contributed by atoms with van der Waals surface area (Å²) in [7, 11) is 0. The fourth-order valence-corrected chi connectivity index (χ4v) is 4.46. The summed E-state index contributed by atoms with van der Waals surface area (Å²) in [5.41, 5.74) is 1.20. The van der Waals surface area contributed by atoms with E-state index in [0.717, 1.165) is 69.0 Å². The van der Waals surface area contributed by atoms with Crippen LogP contribution in [0.5, 0.6) is 0 Å². The zero-order valence-electron chi connectivity index (χ0n) is 17.5. The highest BCUT2D eigenvalue weighted by molar-refractivity contribution is 6.31. The molecule has 2 fully saturated rings. The van der Waals surface area contributed by atoms with Crippen LogP contribution in [0.2, 0.25) is 5.02 Å². The minimum absolute atomic E-state index is 0.185. The number of hydrogen-bond donors (Lipinski definition) is 0. The standard InChI is InChI=1S/C22H30ClN3O3/c1-22(2,3)29-21(27)26-11-6-15(14-26)13-25-9-7-16(8-10-25)20-24-18-12-17(23)4-5-19(18)28-20/h4-5,12,15-16H,6-11,13-14H2,1-3H3. The zero-order valence-corrected chi connectivity index (χ0v) is 18.2. The number of likely N-dealkylation sites (tertiary alicyclic amines) is 2. The van der Waals surface area contributed by atoms with Gasteiger partial charge in [-0.25, -0.2) is 9.78 Å². The van der Waals surface area contributed by atoms with E-state index < -0.39 is 5.60 Å². The topological polar surface area (TPSA) is 58.8 Å². The number of benzene rings is 1. The Labute approximate surface area is 177 Å². The number of fused-ring (bicyclic) bond motifs is 1. The highest BCUT2D eigenvalue weighted by atomic mass is 35.5. The maximum Gasteiger partial charge on any atom is 0.410 e. The Kier molecular flexibility index (Phi) is 5.76. The number of piperidine rings is 1. The first-order chi connectivity index (χ1) is 13.8. The van der Waals surface area contributed by atoms with Gasteiger partial charge in [0.15, 0.2) is 11.5 Å². The second-order valence-corrected chi connectivity index (χ2v) is 9.76. The fourth-order valence-electron chi connectivity index (χ4n) is 4.29. The van der Waals surface area contributed by atoms with Gasteiger partial charge >= 0.3 is 6.09 Å². The molecular formula is C22H30ClN3O3. The maximum atomic E-state index is 12.3. The minimum atomic E-state index is -0.437. The molecule has 0 N–H and O–H groups in total. The summed E-state index contributed by atoms with van der Waals surface area (Å²) in [5, 5.41) is 0.684. The van der Waals surface area contributed by atoms with Gasteiger partial charge in [-0.2, -0.15) is 0 Å². The van der Waals surface area contributed by atoms with Crippen LogP contribution in [0, 0.1) is 5.92 Å². The Bertz CT molecular complexity index is 868. The molecule has 4 rings (SSSR count). The number of halogens is 1. The molecule has 1 aromatic carbocycles. The van der Waals surface area contributed by atoms with Crippen molar-refractivity contribution in [3.8, 4) is 0 Å². The molecule has 1 unspecified atom stereocenters. The summed E-state index contributed by atoms with van der Waals surface area (Å²) >= 11 is 6.05. The van der Waals surface area contributed by atoms with Crippen molar-refractivity contribution in [2.24, 2.45) is 5.92 Å². The number of nitrogens with zero attached hydrogens (tertiary/aromatic N) is 3. The van der Waals surface area contributed by atoms with Crippen LogP contribution in [0.4, 0.5) is 4.79 Å². The number of ether oxygens (including phenoxy) is 1. The third-order valence-electron chi connectivity index (χ3n) is 5.76. The van der Waals surface area contributed by atoms with Crippen molar-refractivity contribution in [1.29, 1.82) is 0 Å². The van der Waals surface area contributed by atoms with Gasteiger partial charge in [-0.1, -0.05) is 11.6 Å². The van der Waals surface area contributed by atoms with E-state index >= 15 is 0 Å². The van der Waals surface area contributed by atoms with Gasteiger partial charge < -0.3 is 19.0 Å². The number of aromatic nitrogens is 1. The van der Waals surface area contributed by atoms with Crippen LogP contribution >= 0.6 is 11.6 Å². The van der Waals surface area contributed by atoms with Crippen LogP contribution in [0.25, 0.3) is 11.1 Å². The van der Waals surface area contributed by atoms with E-state index in [1.165, 1.54) is 0 Å². The van der Waals surface area contributed by atoms with Crippen LogP contribution in [-0.2, 0) is 4.74 Å². The minimum Gasteiger partial charge on any atom is -0.444 e. The summed E-state index contributed by atoms with van der Waals surface area (Å²) < 4.78 is 11.5. The van der Waals surface area contributed by atoms with Crippen molar-refractivity contribution in [2.45, 2.75) is 51.6 Å². The molecule has 6 nitrogen and oxygen atoms in total. The molecule has 2 aliphatic rings. The second kappa shape index (κ2) is 8.15. The average Bonchev–Trinajstić information content (AvgIpc) is 3.27.